The summed E-state index contributed by atoms with van der Waals surface area (Å²) in [6, 6.07) is 5.30. The number of fused-ring (bicyclic) bond motifs is 1. The summed E-state index contributed by atoms with van der Waals surface area (Å²) < 4.78 is 35.2. The molecule has 2 aliphatic rings. The smallest absolute Gasteiger partial charge is 0.310 e. The Morgan fingerprint density at radius 2 is 1.91 bits per heavy atom. The van der Waals surface area contributed by atoms with Crippen molar-refractivity contribution < 1.29 is 17.9 Å². The molecule has 0 N–H and O–H groups in total. The van der Waals surface area contributed by atoms with E-state index in [1.54, 1.807) is 16.4 Å². The standard InChI is InChI=1S/C23H34N4O4S/c1-3-27-21-11-10-19(32(29,30)26-13-6-5-7-14-26)15-20(21)24-22(27)17-25-12-8-9-18(16-25)23(28)31-4-2/h10-11,15,18H,3-9,12-14,16-17H2,1-2H3. The molecule has 2 aromatic rings. The minimum atomic E-state index is -3.49. The Labute approximate surface area is 190 Å². The van der Waals surface area contributed by atoms with E-state index in [-0.39, 0.29) is 11.9 Å². The zero-order valence-electron chi connectivity index (χ0n) is 19.1. The van der Waals surface area contributed by atoms with E-state index in [1.807, 2.05) is 13.0 Å². The maximum Gasteiger partial charge on any atom is 0.310 e. The van der Waals surface area contributed by atoms with Crippen LogP contribution in [-0.4, -0.2) is 65.9 Å². The number of aryl methyl sites for hydroxylation is 1. The lowest BCUT2D eigenvalue weighted by molar-refractivity contribution is -0.150. The van der Waals surface area contributed by atoms with Crippen LogP contribution in [0.5, 0.6) is 0 Å². The molecule has 8 nitrogen and oxygen atoms in total. The van der Waals surface area contributed by atoms with E-state index in [1.165, 1.54) is 0 Å². The number of likely N-dealkylation sites (tertiary alicyclic amines) is 1. The molecule has 4 rings (SSSR count). The molecule has 32 heavy (non-hydrogen) atoms. The summed E-state index contributed by atoms with van der Waals surface area (Å²) in [6.45, 7) is 8.45. The van der Waals surface area contributed by atoms with Crippen molar-refractivity contribution in [1.82, 2.24) is 18.8 Å². The van der Waals surface area contributed by atoms with E-state index < -0.39 is 10.0 Å². The van der Waals surface area contributed by atoms with Crippen LogP contribution in [0, 0.1) is 5.92 Å². The number of imidazole rings is 1. The highest BCUT2D eigenvalue weighted by atomic mass is 32.2. The second-order valence-electron chi connectivity index (χ2n) is 8.71. The molecule has 1 atom stereocenters. The number of benzene rings is 1. The van der Waals surface area contributed by atoms with Crippen LogP contribution in [0.25, 0.3) is 11.0 Å². The monoisotopic (exact) mass is 462 g/mol. The Hall–Kier alpha value is -1.97. The number of esters is 1. The lowest BCUT2D eigenvalue weighted by Crippen LogP contribution is -2.39. The summed E-state index contributed by atoms with van der Waals surface area (Å²) >= 11 is 0. The molecule has 1 aromatic carbocycles. The number of rotatable bonds is 7. The van der Waals surface area contributed by atoms with Gasteiger partial charge in [-0.15, -0.1) is 0 Å². The molecular formula is C23H34N4O4S. The van der Waals surface area contributed by atoms with E-state index >= 15 is 0 Å². The van der Waals surface area contributed by atoms with Crippen molar-refractivity contribution in [2.75, 3.05) is 32.8 Å². The van der Waals surface area contributed by atoms with Gasteiger partial charge in [-0.25, -0.2) is 13.4 Å². The molecule has 2 saturated heterocycles. The molecule has 0 aliphatic carbocycles. The molecule has 2 fully saturated rings. The average Bonchev–Trinajstić information content (AvgIpc) is 3.16. The van der Waals surface area contributed by atoms with E-state index in [4.69, 9.17) is 9.72 Å². The van der Waals surface area contributed by atoms with Crippen molar-refractivity contribution in [3.63, 3.8) is 0 Å². The summed E-state index contributed by atoms with van der Waals surface area (Å²) in [6.07, 6.45) is 4.73. The highest BCUT2D eigenvalue weighted by Crippen LogP contribution is 2.26. The van der Waals surface area contributed by atoms with Gasteiger partial charge >= 0.3 is 5.97 Å². The number of ether oxygens (including phenoxy) is 1. The van der Waals surface area contributed by atoms with Gasteiger partial charge < -0.3 is 9.30 Å². The van der Waals surface area contributed by atoms with Crippen LogP contribution in [0.2, 0.25) is 0 Å². The molecular weight excluding hydrogens is 428 g/mol. The van der Waals surface area contributed by atoms with Gasteiger partial charge in [-0.05, 0) is 64.3 Å². The first-order chi connectivity index (χ1) is 15.4. The lowest BCUT2D eigenvalue weighted by Gasteiger charge is -2.31. The number of aromatic nitrogens is 2. The molecule has 9 heteroatoms. The molecule has 0 amide bonds. The second-order valence-corrected chi connectivity index (χ2v) is 10.7. The van der Waals surface area contributed by atoms with E-state index in [9.17, 15) is 13.2 Å². The zero-order valence-corrected chi connectivity index (χ0v) is 19.9. The number of hydrogen-bond acceptors (Lipinski definition) is 6. The molecule has 0 spiro atoms. The van der Waals surface area contributed by atoms with E-state index in [0.29, 0.717) is 43.2 Å². The summed E-state index contributed by atoms with van der Waals surface area (Å²) in [5.41, 5.74) is 1.65. The van der Waals surface area contributed by atoms with Crippen LogP contribution in [0.3, 0.4) is 0 Å². The third kappa shape index (κ3) is 4.70. The van der Waals surface area contributed by atoms with Gasteiger partial charge in [0.05, 0.1) is 35.0 Å². The highest BCUT2D eigenvalue weighted by Gasteiger charge is 2.29. The van der Waals surface area contributed by atoms with Crippen molar-refractivity contribution in [3.05, 3.63) is 24.0 Å². The van der Waals surface area contributed by atoms with Crippen molar-refractivity contribution in [3.8, 4) is 0 Å². The van der Waals surface area contributed by atoms with Crippen LogP contribution >= 0.6 is 0 Å². The van der Waals surface area contributed by atoms with Gasteiger partial charge in [-0.1, -0.05) is 6.42 Å². The van der Waals surface area contributed by atoms with Crippen molar-refractivity contribution in [1.29, 1.82) is 0 Å². The van der Waals surface area contributed by atoms with Gasteiger partial charge in [0.2, 0.25) is 10.0 Å². The number of hydrogen-bond donors (Lipinski definition) is 0. The Bertz CT molecular complexity index is 1060. The number of sulfonamides is 1. The first kappa shape index (κ1) is 23.2. The Balaban J connectivity index is 1.57. The molecule has 1 aromatic heterocycles. The third-order valence-corrected chi connectivity index (χ3v) is 8.45. The average molecular weight is 463 g/mol. The molecule has 1 unspecified atom stereocenters. The lowest BCUT2D eigenvalue weighted by atomic mass is 9.98. The first-order valence-electron chi connectivity index (χ1n) is 11.8. The summed E-state index contributed by atoms with van der Waals surface area (Å²) in [5.74, 6) is 0.692. The molecule has 2 aliphatic heterocycles. The van der Waals surface area contributed by atoms with Crippen LogP contribution in [0.4, 0.5) is 0 Å². The Kier molecular flexibility index (Phi) is 7.17. The molecule has 176 valence electrons. The largest absolute Gasteiger partial charge is 0.466 e. The van der Waals surface area contributed by atoms with Gasteiger partial charge in [-0.2, -0.15) is 4.31 Å². The number of piperidine rings is 2. The highest BCUT2D eigenvalue weighted by molar-refractivity contribution is 7.89. The molecule has 0 saturated carbocycles. The van der Waals surface area contributed by atoms with Crippen LogP contribution in [0.15, 0.2) is 23.1 Å². The molecule has 3 heterocycles. The quantitative estimate of drug-likeness (QED) is 0.588. The van der Waals surface area contributed by atoms with Gasteiger partial charge in [0, 0.05) is 26.2 Å². The minimum Gasteiger partial charge on any atom is -0.466 e. The SMILES string of the molecule is CCOC(=O)C1CCCN(Cc2nc3cc(S(=O)(=O)N4CCCCC4)ccc3n2CC)C1. The fourth-order valence-electron chi connectivity index (χ4n) is 4.90. The van der Waals surface area contributed by atoms with Gasteiger partial charge in [0.1, 0.15) is 5.82 Å². The van der Waals surface area contributed by atoms with E-state index in [2.05, 4.69) is 16.4 Å². The predicted octanol–water partition coefficient (Wildman–Crippen LogP) is 3.01. The fraction of sp³-hybridized carbons (Fsp3) is 0.652. The van der Waals surface area contributed by atoms with Crippen molar-refractivity contribution in [2.45, 2.75) is 63.9 Å². The summed E-state index contributed by atoms with van der Waals surface area (Å²) in [7, 11) is -3.49. The zero-order chi connectivity index (χ0) is 22.7. The maximum absolute atomic E-state index is 13.1. The normalized spacial score (nSPS) is 21.1. The topological polar surface area (TPSA) is 84.7 Å². The van der Waals surface area contributed by atoms with Crippen molar-refractivity contribution in [2.24, 2.45) is 5.92 Å². The molecule has 0 radical (unpaired) electrons. The second kappa shape index (κ2) is 9.89. The van der Waals surface area contributed by atoms with Crippen LogP contribution < -0.4 is 0 Å². The van der Waals surface area contributed by atoms with Crippen LogP contribution in [0.1, 0.15) is 51.8 Å². The number of carbonyl (C=O) groups is 1. The predicted molar refractivity (Wildman–Crippen MR) is 123 cm³/mol. The fourth-order valence-corrected chi connectivity index (χ4v) is 6.44. The Morgan fingerprint density at radius 1 is 1.12 bits per heavy atom. The molecule has 0 bridgehead atoms. The van der Waals surface area contributed by atoms with Gasteiger partial charge in [0.15, 0.2) is 0 Å². The Morgan fingerprint density at radius 3 is 2.62 bits per heavy atom. The summed E-state index contributed by atoms with van der Waals surface area (Å²) in [4.78, 5) is 19.6. The summed E-state index contributed by atoms with van der Waals surface area (Å²) in [5, 5.41) is 0. The maximum atomic E-state index is 13.1. The van der Waals surface area contributed by atoms with Gasteiger partial charge in [0.25, 0.3) is 0 Å². The number of carbonyl (C=O) groups excluding carboxylic acids is 1. The number of nitrogens with zero attached hydrogens (tertiary/aromatic N) is 4. The van der Waals surface area contributed by atoms with E-state index in [0.717, 1.165) is 56.5 Å². The first-order valence-corrected chi connectivity index (χ1v) is 13.3. The third-order valence-electron chi connectivity index (χ3n) is 6.56. The van der Waals surface area contributed by atoms with Crippen LogP contribution in [-0.2, 0) is 32.6 Å². The minimum absolute atomic E-state index is 0.0931. The van der Waals surface area contributed by atoms with Crippen molar-refractivity contribution >= 4 is 27.0 Å². The van der Waals surface area contributed by atoms with Gasteiger partial charge in [-0.3, -0.25) is 9.69 Å².